The van der Waals surface area contributed by atoms with Crippen LogP contribution in [0.5, 0.6) is 0 Å². The number of allylic oxidation sites excluding steroid dienone is 1. The molecule has 0 unspecified atom stereocenters. The zero-order valence-corrected chi connectivity index (χ0v) is 7.21. The largest absolute Gasteiger partial charge is 0.392 e. The average Bonchev–Trinajstić information content (AvgIpc) is 1.96. The van der Waals surface area contributed by atoms with Crippen LogP contribution in [0, 0.1) is 0 Å². The quantitative estimate of drug-likeness (QED) is 0.282. The molecule has 0 aromatic rings. The van der Waals surface area contributed by atoms with Crippen molar-refractivity contribution in [1.82, 2.24) is 0 Å². The maximum absolute atomic E-state index is 5.23. The third kappa shape index (κ3) is 9.17. The second-order valence-corrected chi connectivity index (χ2v) is 2.44. The van der Waals surface area contributed by atoms with Gasteiger partial charge in [-0.05, 0) is 32.9 Å². The fourth-order valence-electron chi connectivity index (χ4n) is 0.427. The second-order valence-electron chi connectivity index (χ2n) is 2.44. The van der Waals surface area contributed by atoms with Crippen LogP contribution < -0.4 is 5.73 Å². The Kier molecular flexibility index (Phi) is 6.73. The van der Waals surface area contributed by atoms with Crippen LogP contribution in [-0.4, -0.2) is 19.4 Å². The van der Waals surface area contributed by atoms with Crippen molar-refractivity contribution < 1.29 is 4.84 Å². The first-order valence-electron chi connectivity index (χ1n) is 3.74. The lowest BCUT2D eigenvalue weighted by Crippen LogP contribution is -1.98. The van der Waals surface area contributed by atoms with Gasteiger partial charge in [0.2, 0.25) is 0 Å². The summed E-state index contributed by atoms with van der Waals surface area (Å²) in [7, 11) is 0. The molecule has 0 aromatic heterocycles. The van der Waals surface area contributed by atoms with Gasteiger partial charge in [-0.25, -0.2) is 0 Å². The van der Waals surface area contributed by atoms with Crippen molar-refractivity contribution in [2.75, 3.05) is 13.2 Å². The molecule has 0 amide bonds. The van der Waals surface area contributed by atoms with Gasteiger partial charge < -0.3 is 10.6 Å². The van der Waals surface area contributed by atoms with Gasteiger partial charge in [0.05, 0.1) is 0 Å². The molecule has 0 rings (SSSR count). The standard InChI is InChI=1S/C8H16N2O/c1-8(2)4-7-11-10-6-3-5-9/h4,6H,3,5,7,9H2,1-2H3. The summed E-state index contributed by atoms with van der Waals surface area (Å²) in [6.45, 7) is 5.21. The maximum atomic E-state index is 5.23. The van der Waals surface area contributed by atoms with Crippen LogP contribution in [0.1, 0.15) is 20.3 Å². The first-order valence-corrected chi connectivity index (χ1v) is 3.74. The molecule has 0 saturated heterocycles. The monoisotopic (exact) mass is 156 g/mol. The molecule has 0 heterocycles. The van der Waals surface area contributed by atoms with Crippen molar-refractivity contribution in [1.29, 1.82) is 0 Å². The summed E-state index contributed by atoms with van der Waals surface area (Å²) in [5, 5.41) is 3.68. The van der Waals surface area contributed by atoms with Gasteiger partial charge >= 0.3 is 0 Å². The fourth-order valence-corrected chi connectivity index (χ4v) is 0.427. The van der Waals surface area contributed by atoms with E-state index < -0.39 is 0 Å². The van der Waals surface area contributed by atoms with Crippen LogP contribution in [0.25, 0.3) is 0 Å². The van der Waals surface area contributed by atoms with Crippen molar-refractivity contribution in [3.63, 3.8) is 0 Å². The third-order valence-corrected chi connectivity index (χ3v) is 1.01. The Morgan fingerprint density at radius 2 is 2.27 bits per heavy atom. The highest BCUT2D eigenvalue weighted by atomic mass is 16.6. The highest BCUT2D eigenvalue weighted by Crippen LogP contribution is 1.88. The normalized spacial score (nSPS) is 10.1. The summed E-state index contributed by atoms with van der Waals surface area (Å²) in [6, 6.07) is 0. The van der Waals surface area contributed by atoms with Gasteiger partial charge in [-0.15, -0.1) is 0 Å². The Hall–Kier alpha value is -0.830. The Balaban J connectivity index is 3.20. The molecule has 0 spiro atoms. The predicted octanol–water partition coefficient (Wildman–Crippen LogP) is 1.30. The Morgan fingerprint density at radius 3 is 2.82 bits per heavy atom. The summed E-state index contributed by atoms with van der Waals surface area (Å²) in [5.74, 6) is 0. The van der Waals surface area contributed by atoms with E-state index >= 15 is 0 Å². The SMILES string of the molecule is CC(C)=CCON=CCCN. The Morgan fingerprint density at radius 1 is 1.55 bits per heavy atom. The molecule has 0 aliphatic rings. The summed E-state index contributed by atoms with van der Waals surface area (Å²) in [5.41, 5.74) is 6.47. The smallest absolute Gasteiger partial charge is 0.135 e. The van der Waals surface area contributed by atoms with Gasteiger partial charge in [0, 0.05) is 6.21 Å². The topological polar surface area (TPSA) is 47.6 Å². The molecule has 0 aromatic carbocycles. The minimum atomic E-state index is 0.545. The number of hydrogen-bond donors (Lipinski definition) is 1. The number of rotatable bonds is 5. The lowest BCUT2D eigenvalue weighted by atomic mass is 10.3. The number of oxime groups is 1. The van der Waals surface area contributed by atoms with Crippen LogP contribution in [0.3, 0.4) is 0 Å². The number of hydrogen-bond acceptors (Lipinski definition) is 3. The third-order valence-electron chi connectivity index (χ3n) is 1.01. The molecule has 2 N–H and O–H groups in total. The van der Waals surface area contributed by atoms with Crippen molar-refractivity contribution in [3.05, 3.63) is 11.6 Å². The van der Waals surface area contributed by atoms with E-state index in [9.17, 15) is 0 Å². The zero-order valence-electron chi connectivity index (χ0n) is 7.21. The van der Waals surface area contributed by atoms with E-state index in [1.165, 1.54) is 5.57 Å². The van der Waals surface area contributed by atoms with Crippen molar-refractivity contribution >= 4 is 6.21 Å². The van der Waals surface area contributed by atoms with Crippen LogP contribution in [-0.2, 0) is 4.84 Å². The molecule has 0 saturated carbocycles. The molecule has 64 valence electrons. The van der Waals surface area contributed by atoms with Gasteiger partial charge in [-0.1, -0.05) is 10.7 Å². The Bertz CT molecular complexity index is 137. The first-order chi connectivity index (χ1) is 5.27. The van der Waals surface area contributed by atoms with E-state index in [1.54, 1.807) is 6.21 Å². The Labute approximate surface area is 67.9 Å². The minimum Gasteiger partial charge on any atom is -0.392 e. The van der Waals surface area contributed by atoms with Gasteiger partial charge in [0.15, 0.2) is 0 Å². The predicted molar refractivity (Wildman–Crippen MR) is 47.5 cm³/mol. The van der Waals surface area contributed by atoms with Crippen molar-refractivity contribution in [3.8, 4) is 0 Å². The second kappa shape index (κ2) is 7.28. The summed E-state index contributed by atoms with van der Waals surface area (Å²) in [4.78, 5) is 4.88. The van der Waals surface area contributed by atoms with Crippen molar-refractivity contribution in [2.24, 2.45) is 10.9 Å². The highest BCUT2D eigenvalue weighted by Gasteiger charge is 1.78. The average molecular weight is 156 g/mol. The van der Waals surface area contributed by atoms with E-state index in [0.29, 0.717) is 13.2 Å². The van der Waals surface area contributed by atoms with Gasteiger partial charge in [0.1, 0.15) is 6.61 Å². The molecule has 0 atom stereocenters. The molecule has 0 aliphatic heterocycles. The van der Waals surface area contributed by atoms with E-state index in [2.05, 4.69) is 5.16 Å². The summed E-state index contributed by atoms with van der Waals surface area (Å²) < 4.78 is 0. The lowest BCUT2D eigenvalue weighted by Gasteiger charge is -1.92. The number of nitrogens with zero attached hydrogens (tertiary/aromatic N) is 1. The summed E-state index contributed by atoms with van der Waals surface area (Å²) >= 11 is 0. The molecule has 11 heavy (non-hydrogen) atoms. The van der Waals surface area contributed by atoms with E-state index in [-0.39, 0.29) is 0 Å². The van der Waals surface area contributed by atoms with Crippen LogP contribution in [0.2, 0.25) is 0 Å². The molecule has 3 heteroatoms. The van der Waals surface area contributed by atoms with Gasteiger partial charge in [0.25, 0.3) is 0 Å². The zero-order chi connectivity index (χ0) is 8.53. The molecule has 0 fully saturated rings. The van der Waals surface area contributed by atoms with Crippen molar-refractivity contribution in [2.45, 2.75) is 20.3 Å². The lowest BCUT2D eigenvalue weighted by molar-refractivity contribution is 0.175. The fraction of sp³-hybridized carbons (Fsp3) is 0.625. The van der Waals surface area contributed by atoms with E-state index in [1.807, 2.05) is 19.9 Å². The maximum Gasteiger partial charge on any atom is 0.135 e. The first kappa shape index (κ1) is 10.2. The highest BCUT2D eigenvalue weighted by molar-refractivity contribution is 5.56. The van der Waals surface area contributed by atoms with E-state index in [0.717, 1.165) is 6.42 Å². The molecular formula is C8H16N2O. The minimum absolute atomic E-state index is 0.545. The van der Waals surface area contributed by atoms with Crippen LogP contribution in [0.15, 0.2) is 16.8 Å². The molecule has 0 radical (unpaired) electrons. The molecule has 0 aliphatic carbocycles. The van der Waals surface area contributed by atoms with Crippen LogP contribution >= 0.6 is 0 Å². The number of nitrogens with two attached hydrogens (primary N) is 1. The van der Waals surface area contributed by atoms with Gasteiger partial charge in [-0.2, -0.15) is 0 Å². The molecular weight excluding hydrogens is 140 g/mol. The summed E-state index contributed by atoms with van der Waals surface area (Å²) in [6.07, 6.45) is 4.42. The van der Waals surface area contributed by atoms with Crippen LogP contribution in [0.4, 0.5) is 0 Å². The van der Waals surface area contributed by atoms with Gasteiger partial charge in [-0.3, -0.25) is 0 Å². The molecule has 3 nitrogen and oxygen atoms in total. The van der Waals surface area contributed by atoms with E-state index in [4.69, 9.17) is 10.6 Å². The molecule has 0 bridgehead atoms.